The molecule has 1 heterocycles. The van der Waals surface area contributed by atoms with Gasteiger partial charge in [0, 0.05) is 19.1 Å². The Balaban J connectivity index is 1.85. The zero-order valence-corrected chi connectivity index (χ0v) is 14.1. The summed E-state index contributed by atoms with van der Waals surface area (Å²) in [5, 5.41) is 2.69. The van der Waals surface area contributed by atoms with E-state index in [1.807, 2.05) is 6.07 Å². The average Bonchev–Trinajstić information content (AvgIpc) is 3.02. The summed E-state index contributed by atoms with van der Waals surface area (Å²) in [5.41, 5.74) is 0.612. The number of hydrogen-bond donors (Lipinski definition) is 1. The highest BCUT2D eigenvalue weighted by Gasteiger charge is 2.35. The summed E-state index contributed by atoms with van der Waals surface area (Å²) >= 11 is 0. The van der Waals surface area contributed by atoms with Crippen molar-refractivity contribution in [1.82, 2.24) is 5.32 Å². The first-order valence-corrected chi connectivity index (χ1v) is 8.11. The number of alkyl halides is 3. The zero-order valence-electron chi connectivity index (χ0n) is 14.1. The van der Waals surface area contributed by atoms with E-state index in [4.69, 9.17) is 9.47 Å². The summed E-state index contributed by atoms with van der Waals surface area (Å²) in [6.07, 6.45) is -4.26. The number of nitrogens with one attached hydrogen (secondary N) is 1. The maximum absolute atomic E-state index is 13.3. The predicted octanol–water partition coefficient (Wildman–Crippen LogP) is 3.44. The molecule has 0 saturated heterocycles. The minimum Gasteiger partial charge on any atom is -0.487 e. The molecule has 2 aromatic carbocycles. The molecule has 1 aliphatic rings. The lowest BCUT2D eigenvalue weighted by molar-refractivity contribution is -0.137. The van der Waals surface area contributed by atoms with Crippen molar-refractivity contribution >= 4 is 5.91 Å². The van der Waals surface area contributed by atoms with E-state index in [1.165, 1.54) is 19.2 Å². The molecule has 1 N–H and O–H groups in total. The number of methoxy groups -OCH3 is 1. The van der Waals surface area contributed by atoms with E-state index in [-0.39, 0.29) is 30.7 Å². The van der Waals surface area contributed by atoms with Gasteiger partial charge in [-0.2, -0.15) is 13.2 Å². The zero-order chi connectivity index (χ0) is 18.7. The van der Waals surface area contributed by atoms with E-state index < -0.39 is 11.7 Å². The van der Waals surface area contributed by atoms with Crippen molar-refractivity contribution in [3.8, 4) is 16.9 Å². The fourth-order valence-corrected chi connectivity index (χ4v) is 3.04. The van der Waals surface area contributed by atoms with Crippen molar-refractivity contribution in [2.24, 2.45) is 0 Å². The Morgan fingerprint density at radius 1 is 1.19 bits per heavy atom. The predicted molar refractivity (Wildman–Crippen MR) is 89.9 cm³/mol. The van der Waals surface area contributed by atoms with E-state index in [0.29, 0.717) is 17.7 Å². The monoisotopic (exact) mass is 365 g/mol. The highest BCUT2D eigenvalue weighted by molar-refractivity contribution is 5.77. The quantitative estimate of drug-likeness (QED) is 0.883. The maximum atomic E-state index is 13.3. The van der Waals surface area contributed by atoms with Crippen LogP contribution in [0, 0.1) is 0 Å². The average molecular weight is 365 g/mol. The second kappa shape index (κ2) is 7.37. The van der Waals surface area contributed by atoms with Crippen LogP contribution in [-0.2, 0) is 22.1 Å². The van der Waals surface area contributed by atoms with Crippen molar-refractivity contribution in [1.29, 1.82) is 0 Å². The first-order chi connectivity index (χ1) is 12.4. The van der Waals surface area contributed by atoms with Gasteiger partial charge in [-0.05, 0) is 17.2 Å². The Morgan fingerprint density at radius 3 is 2.65 bits per heavy atom. The summed E-state index contributed by atoms with van der Waals surface area (Å²) in [5.74, 6) is 0.171. The number of halogens is 3. The number of amides is 1. The molecular weight excluding hydrogens is 347 g/mol. The summed E-state index contributed by atoms with van der Waals surface area (Å²) in [7, 11) is 1.42. The van der Waals surface area contributed by atoms with Gasteiger partial charge in [-0.25, -0.2) is 0 Å². The van der Waals surface area contributed by atoms with Crippen LogP contribution in [0.5, 0.6) is 5.75 Å². The van der Waals surface area contributed by atoms with E-state index in [2.05, 4.69) is 5.32 Å². The molecule has 0 saturated carbocycles. The van der Waals surface area contributed by atoms with Crippen LogP contribution < -0.4 is 10.1 Å². The van der Waals surface area contributed by atoms with Crippen LogP contribution in [-0.4, -0.2) is 32.3 Å². The molecule has 26 heavy (non-hydrogen) atoms. The lowest BCUT2D eigenvalue weighted by Crippen LogP contribution is -2.36. The van der Waals surface area contributed by atoms with E-state index in [1.54, 1.807) is 18.2 Å². The fourth-order valence-electron chi connectivity index (χ4n) is 3.04. The molecule has 4 nitrogen and oxygen atoms in total. The molecule has 1 atom stereocenters. The van der Waals surface area contributed by atoms with Crippen molar-refractivity contribution in [3.63, 3.8) is 0 Å². The smallest absolute Gasteiger partial charge is 0.417 e. The Labute approximate surface area is 148 Å². The Hall–Kier alpha value is -2.54. The number of ether oxygens (including phenoxy) is 2. The van der Waals surface area contributed by atoms with Crippen LogP contribution in [0.3, 0.4) is 0 Å². The second-order valence-electron chi connectivity index (χ2n) is 6.02. The van der Waals surface area contributed by atoms with Gasteiger partial charge in [-0.1, -0.05) is 36.4 Å². The molecule has 7 heteroatoms. The number of carbonyl (C=O) groups excluding carboxylic acids is 1. The fraction of sp³-hybridized carbons (Fsp3) is 0.316. The summed E-state index contributed by atoms with van der Waals surface area (Å²) < 4.78 is 50.6. The largest absolute Gasteiger partial charge is 0.487 e. The molecular formula is C19H18F3NO3. The van der Waals surface area contributed by atoms with Crippen molar-refractivity contribution < 1.29 is 27.4 Å². The lowest BCUT2D eigenvalue weighted by atomic mass is 9.96. The number of carbonyl (C=O) groups is 1. The van der Waals surface area contributed by atoms with Crippen molar-refractivity contribution in [2.45, 2.75) is 18.7 Å². The third-order valence-corrected chi connectivity index (χ3v) is 4.15. The third-order valence-electron chi connectivity index (χ3n) is 4.15. The van der Waals surface area contributed by atoms with Crippen molar-refractivity contribution in [3.05, 3.63) is 53.6 Å². The lowest BCUT2D eigenvalue weighted by Gasteiger charge is -2.16. The molecule has 0 bridgehead atoms. The minimum atomic E-state index is -4.45. The van der Waals surface area contributed by atoms with Gasteiger partial charge in [0.05, 0.1) is 12.1 Å². The topological polar surface area (TPSA) is 47.6 Å². The number of rotatable bonds is 5. The van der Waals surface area contributed by atoms with Crippen molar-refractivity contribution in [2.75, 3.05) is 20.3 Å². The standard InChI is InChI=1S/C19H18F3NO3/c1-25-11-17(24)23-10-13-9-12-5-4-7-15(18(12)26-13)14-6-2-3-8-16(14)19(20,21)22/h2-8,13H,9-11H2,1H3,(H,23,24)/t13-/m0/s1. The number of hydrogen-bond acceptors (Lipinski definition) is 3. The Morgan fingerprint density at radius 2 is 1.92 bits per heavy atom. The molecule has 0 radical (unpaired) electrons. The van der Waals surface area contributed by atoms with E-state index in [9.17, 15) is 18.0 Å². The number of para-hydroxylation sites is 1. The summed E-state index contributed by atoms with van der Waals surface area (Å²) in [4.78, 5) is 11.5. The van der Waals surface area contributed by atoms with Crippen LogP contribution in [0.2, 0.25) is 0 Å². The van der Waals surface area contributed by atoms with E-state index in [0.717, 1.165) is 11.6 Å². The molecule has 1 amide bonds. The molecule has 0 fully saturated rings. The van der Waals surface area contributed by atoms with Crippen LogP contribution >= 0.6 is 0 Å². The van der Waals surface area contributed by atoms with Gasteiger partial charge in [0.1, 0.15) is 18.5 Å². The van der Waals surface area contributed by atoms with Gasteiger partial charge in [0.15, 0.2) is 0 Å². The number of fused-ring (bicyclic) bond motifs is 1. The van der Waals surface area contributed by atoms with Gasteiger partial charge in [0.25, 0.3) is 0 Å². The Bertz CT molecular complexity index is 805. The minimum absolute atomic E-state index is 0.0517. The number of benzene rings is 2. The van der Waals surface area contributed by atoms with Crippen LogP contribution in [0.1, 0.15) is 11.1 Å². The molecule has 3 rings (SSSR count). The normalized spacial score (nSPS) is 16.1. The van der Waals surface area contributed by atoms with Crippen LogP contribution in [0.15, 0.2) is 42.5 Å². The van der Waals surface area contributed by atoms with Gasteiger partial charge >= 0.3 is 6.18 Å². The molecule has 0 spiro atoms. The van der Waals surface area contributed by atoms with Crippen LogP contribution in [0.4, 0.5) is 13.2 Å². The van der Waals surface area contributed by atoms with Gasteiger partial charge < -0.3 is 14.8 Å². The Kier molecular flexibility index (Phi) is 5.18. The molecule has 0 aliphatic carbocycles. The van der Waals surface area contributed by atoms with Gasteiger partial charge in [0.2, 0.25) is 5.91 Å². The summed E-state index contributed by atoms with van der Waals surface area (Å²) in [6, 6.07) is 10.6. The third kappa shape index (κ3) is 3.83. The molecule has 0 aromatic heterocycles. The van der Waals surface area contributed by atoms with Crippen LogP contribution in [0.25, 0.3) is 11.1 Å². The van der Waals surface area contributed by atoms with E-state index >= 15 is 0 Å². The summed E-state index contributed by atoms with van der Waals surface area (Å²) in [6.45, 7) is 0.209. The van der Waals surface area contributed by atoms with Gasteiger partial charge in [-0.3, -0.25) is 4.79 Å². The second-order valence-corrected chi connectivity index (χ2v) is 6.02. The SMILES string of the molecule is COCC(=O)NC[C@@H]1Cc2cccc(-c3ccccc3C(F)(F)F)c2O1. The van der Waals surface area contributed by atoms with Gasteiger partial charge in [-0.15, -0.1) is 0 Å². The molecule has 2 aromatic rings. The maximum Gasteiger partial charge on any atom is 0.417 e. The molecule has 0 unspecified atom stereocenters. The molecule has 1 aliphatic heterocycles. The first kappa shape index (κ1) is 18.3. The highest BCUT2D eigenvalue weighted by Crippen LogP contribution is 2.43. The highest BCUT2D eigenvalue weighted by atomic mass is 19.4. The first-order valence-electron chi connectivity index (χ1n) is 8.11. The molecule has 138 valence electrons.